The fraction of sp³-hybridized carbons (Fsp3) is 0.556. The Balaban J connectivity index is 2.56. The third-order valence-corrected chi connectivity index (χ3v) is 2.58. The van der Waals surface area contributed by atoms with Crippen molar-refractivity contribution in [2.45, 2.75) is 31.9 Å². The van der Waals surface area contributed by atoms with Gasteiger partial charge in [-0.25, -0.2) is 15.8 Å². The number of fused-ring (bicyclic) bond motifs is 1. The zero-order valence-corrected chi connectivity index (χ0v) is 8.43. The van der Waals surface area contributed by atoms with Gasteiger partial charge in [0.25, 0.3) is 0 Å². The number of halogens is 3. The maximum atomic E-state index is 12.7. The molecule has 1 heterocycles. The first kappa shape index (κ1) is 11.1. The fourth-order valence-corrected chi connectivity index (χ4v) is 1.89. The van der Waals surface area contributed by atoms with Gasteiger partial charge in [-0.1, -0.05) is 0 Å². The van der Waals surface area contributed by atoms with E-state index in [0.29, 0.717) is 18.5 Å². The summed E-state index contributed by atoms with van der Waals surface area (Å²) in [5.74, 6) is 4.88. The predicted molar refractivity (Wildman–Crippen MR) is 51.5 cm³/mol. The van der Waals surface area contributed by atoms with Gasteiger partial charge in [-0.2, -0.15) is 13.2 Å². The van der Waals surface area contributed by atoms with Crippen molar-refractivity contribution in [1.82, 2.24) is 9.97 Å². The Morgan fingerprint density at radius 3 is 2.44 bits per heavy atom. The maximum Gasteiger partial charge on any atom is 0.433 e. The van der Waals surface area contributed by atoms with Crippen LogP contribution in [0.2, 0.25) is 0 Å². The molecule has 16 heavy (non-hydrogen) atoms. The topological polar surface area (TPSA) is 63.8 Å². The Morgan fingerprint density at radius 2 is 1.81 bits per heavy atom. The van der Waals surface area contributed by atoms with Crippen molar-refractivity contribution in [1.29, 1.82) is 0 Å². The number of nitrogens with zero attached hydrogens (tertiary/aromatic N) is 2. The highest BCUT2D eigenvalue weighted by molar-refractivity contribution is 5.36. The second-order valence-electron chi connectivity index (χ2n) is 3.67. The molecular formula is C9H11F3N4. The molecule has 3 N–H and O–H groups in total. The van der Waals surface area contributed by atoms with Gasteiger partial charge in [0.15, 0.2) is 5.69 Å². The maximum absolute atomic E-state index is 12.7. The third kappa shape index (κ3) is 1.95. The summed E-state index contributed by atoms with van der Waals surface area (Å²) in [7, 11) is 0. The standard InChI is InChI=1S/C9H11F3N4/c10-9(11,12)7-5-3-1-2-4-6(5)14-8(15-7)16-13/h1-4,13H2,(H,14,15,16). The summed E-state index contributed by atoms with van der Waals surface area (Å²) < 4.78 is 38.2. The van der Waals surface area contributed by atoms with Crippen molar-refractivity contribution in [2.75, 3.05) is 5.43 Å². The summed E-state index contributed by atoms with van der Waals surface area (Å²) in [5.41, 5.74) is 1.89. The minimum Gasteiger partial charge on any atom is -0.292 e. The lowest BCUT2D eigenvalue weighted by molar-refractivity contribution is -0.142. The van der Waals surface area contributed by atoms with E-state index in [4.69, 9.17) is 5.84 Å². The number of nitrogen functional groups attached to an aromatic ring is 1. The Labute approximate surface area is 90.0 Å². The lowest BCUT2D eigenvalue weighted by atomic mass is 9.94. The molecule has 1 aliphatic rings. The third-order valence-electron chi connectivity index (χ3n) is 2.58. The first-order chi connectivity index (χ1) is 7.52. The summed E-state index contributed by atoms with van der Waals surface area (Å²) >= 11 is 0. The molecule has 0 aromatic carbocycles. The minimum atomic E-state index is -4.45. The summed E-state index contributed by atoms with van der Waals surface area (Å²) in [6.45, 7) is 0. The van der Waals surface area contributed by atoms with Crippen LogP contribution in [0.15, 0.2) is 0 Å². The number of alkyl halides is 3. The van der Waals surface area contributed by atoms with E-state index in [1.165, 1.54) is 0 Å². The van der Waals surface area contributed by atoms with Crippen LogP contribution in [0.5, 0.6) is 0 Å². The van der Waals surface area contributed by atoms with Crippen molar-refractivity contribution in [2.24, 2.45) is 5.84 Å². The SMILES string of the molecule is NNc1nc2c(c(C(F)(F)F)n1)CCCC2. The van der Waals surface area contributed by atoms with Crippen molar-refractivity contribution < 1.29 is 13.2 Å². The van der Waals surface area contributed by atoms with Crippen LogP contribution >= 0.6 is 0 Å². The first-order valence-corrected chi connectivity index (χ1v) is 4.96. The molecule has 0 amide bonds. The quantitative estimate of drug-likeness (QED) is 0.571. The molecule has 0 saturated carbocycles. The molecule has 4 nitrogen and oxygen atoms in total. The van der Waals surface area contributed by atoms with Crippen molar-refractivity contribution >= 4 is 5.95 Å². The highest BCUT2D eigenvalue weighted by Gasteiger charge is 2.37. The van der Waals surface area contributed by atoms with Crippen LogP contribution in [0.25, 0.3) is 0 Å². The summed E-state index contributed by atoms with van der Waals surface area (Å²) in [5, 5.41) is 0. The molecule has 0 aliphatic heterocycles. The van der Waals surface area contributed by atoms with E-state index in [1.807, 2.05) is 0 Å². The number of hydrazine groups is 1. The van der Waals surface area contributed by atoms with E-state index >= 15 is 0 Å². The molecule has 0 bridgehead atoms. The molecule has 0 radical (unpaired) electrons. The zero-order valence-electron chi connectivity index (χ0n) is 8.43. The first-order valence-electron chi connectivity index (χ1n) is 4.96. The molecule has 1 aromatic rings. The smallest absolute Gasteiger partial charge is 0.292 e. The number of nitrogens with one attached hydrogen (secondary N) is 1. The number of nitrogens with two attached hydrogens (primary N) is 1. The molecule has 0 unspecified atom stereocenters. The average Bonchev–Trinajstić information content (AvgIpc) is 2.26. The Bertz CT molecular complexity index is 402. The highest BCUT2D eigenvalue weighted by Crippen LogP contribution is 2.34. The molecule has 7 heteroatoms. The van der Waals surface area contributed by atoms with Crippen molar-refractivity contribution in [3.8, 4) is 0 Å². The Kier molecular flexibility index (Phi) is 2.71. The number of aromatic nitrogens is 2. The second kappa shape index (κ2) is 3.89. The zero-order chi connectivity index (χ0) is 11.8. The lowest BCUT2D eigenvalue weighted by Crippen LogP contribution is -2.21. The Hall–Kier alpha value is -1.37. The van der Waals surface area contributed by atoms with Crippen LogP contribution in [-0.4, -0.2) is 9.97 Å². The number of anilines is 1. The average molecular weight is 232 g/mol. The molecule has 1 aromatic heterocycles. The van der Waals surface area contributed by atoms with E-state index in [-0.39, 0.29) is 11.5 Å². The van der Waals surface area contributed by atoms with Crippen LogP contribution in [0.1, 0.15) is 29.8 Å². The van der Waals surface area contributed by atoms with Crippen molar-refractivity contribution in [3.05, 3.63) is 17.0 Å². The molecule has 2 rings (SSSR count). The molecule has 0 saturated heterocycles. The monoisotopic (exact) mass is 232 g/mol. The number of hydrogen-bond acceptors (Lipinski definition) is 4. The molecule has 1 aliphatic carbocycles. The predicted octanol–water partition coefficient (Wildman–Crippen LogP) is 1.66. The lowest BCUT2D eigenvalue weighted by Gasteiger charge is -2.19. The minimum absolute atomic E-state index is 0.173. The van der Waals surface area contributed by atoms with E-state index in [0.717, 1.165) is 12.8 Å². The van der Waals surface area contributed by atoms with Gasteiger partial charge in [0.05, 0.1) is 0 Å². The Morgan fingerprint density at radius 1 is 1.12 bits per heavy atom. The van der Waals surface area contributed by atoms with Gasteiger partial charge in [0.1, 0.15) is 0 Å². The molecule has 0 spiro atoms. The van der Waals surface area contributed by atoms with Gasteiger partial charge < -0.3 is 0 Å². The molecular weight excluding hydrogens is 221 g/mol. The number of rotatable bonds is 1. The molecule has 88 valence electrons. The van der Waals surface area contributed by atoms with Crippen LogP contribution < -0.4 is 11.3 Å². The van der Waals surface area contributed by atoms with Gasteiger partial charge in [0, 0.05) is 11.3 Å². The van der Waals surface area contributed by atoms with Crippen LogP contribution in [0.3, 0.4) is 0 Å². The van der Waals surface area contributed by atoms with Gasteiger partial charge in [-0.3, -0.25) is 5.43 Å². The second-order valence-corrected chi connectivity index (χ2v) is 3.67. The van der Waals surface area contributed by atoms with Crippen LogP contribution in [-0.2, 0) is 19.0 Å². The van der Waals surface area contributed by atoms with Gasteiger partial charge in [-0.05, 0) is 25.7 Å². The van der Waals surface area contributed by atoms with Crippen molar-refractivity contribution in [3.63, 3.8) is 0 Å². The number of hydrogen-bond donors (Lipinski definition) is 2. The van der Waals surface area contributed by atoms with Crippen LogP contribution in [0, 0.1) is 0 Å². The largest absolute Gasteiger partial charge is 0.433 e. The van der Waals surface area contributed by atoms with E-state index in [9.17, 15) is 13.2 Å². The molecule has 0 fully saturated rings. The van der Waals surface area contributed by atoms with E-state index in [2.05, 4.69) is 15.4 Å². The summed E-state index contributed by atoms with van der Waals surface area (Å²) in [6.07, 6.45) is -1.92. The fourth-order valence-electron chi connectivity index (χ4n) is 1.89. The van der Waals surface area contributed by atoms with E-state index < -0.39 is 11.9 Å². The van der Waals surface area contributed by atoms with Gasteiger partial charge >= 0.3 is 6.18 Å². The van der Waals surface area contributed by atoms with Crippen LogP contribution in [0.4, 0.5) is 19.1 Å². The van der Waals surface area contributed by atoms with Gasteiger partial charge in [0.2, 0.25) is 5.95 Å². The molecule has 0 atom stereocenters. The number of aryl methyl sites for hydroxylation is 1. The van der Waals surface area contributed by atoms with Gasteiger partial charge in [-0.15, -0.1) is 0 Å². The van der Waals surface area contributed by atoms with E-state index in [1.54, 1.807) is 0 Å². The summed E-state index contributed by atoms with van der Waals surface area (Å²) in [4.78, 5) is 7.36. The summed E-state index contributed by atoms with van der Waals surface area (Å²) in [6, 6.07) is 0. The highest BCUT2D eigenvalue weighted by atomic mass is 19.4. The normalized spacial score (nSPS) is 15.8.